The molecule has 0 unspecified atom stereocenters. The van der Waals surface area contributed by atoms with E-state index in [0.717, 1.165) is 67.9 Å². The zero-order valence-electron chi connectivity index (χ0n) is 30.3. The number of allylic oxidation sites excluding steroid dienone is 5. The molecule has 11 rings (SSSR count). The monoisotopic (exact) mass is 707 g/mol. The van der Waals surface area contributed by atoms with Gasteiger partial charge in [0.1, 0.15) is 17.3 Å². The van der Waals surface area contributed by atoms with Crippen molar-refractivity contribution in [1.82, 2.24) is 23.3 Å². The molecule has 0 spiro atoms. The molecule has 0 atom stereocenters. The lowest BCUT2D eigenvalue weighted by Crippen LogP contribution is -2.06. The molecule has 0 amide bonds. The molecule has 5 aromatic carbocycles. The molecule has 0 saturated heterocycles. The van der Waals surface area contributed by atoms with Crippen LogP contribution in [0.15, 0.2) is 195 Å². The molecule has 0 fully saturated rings. The Morgan fingerprint density at radius 2 is 1.09 bits per heavy atom. The first-order valence-electron chi connectivity index (χ1n) is 18.6. The van der Waals surface area contributed by atoms with Crippen LogP contribution in [0.5, 0.6) is 0 Å². The van der Waals surface area contributed by atoms with E-state index in [1.165, 1.54) is 27.5 Å². The summed E-state index contributed by atoms with van der Waals surface area (Å²) < 4.78 is 9.53. The third-order valence-electron chi connectivity index (χ3n) is 10.6. The number of hydrogen-bond donors (Lipinski definition) is 0. The van der Waals surface area contributed by atoms with Gasteiger partial charge in [-0.05, 0) is 78.7 Å². The van der Waals surface area contributed by atoms with E-state index >= 15 is 0 Å². The Bertz CT molecular complexity index is 3140. The van der Waals surface area contributed by atoms with Gasteiger partial charge in [-0.2, -0.15) is 0 Å². The van der Waals surface area contributed by atoms with E-state index in [4.69, 9.17) is 4.98 Å². The summed E-state index contributed by atoms with van der Waals surface area (Å²) in [7, 11) is 0. The second-order valence-corrected chi connectivity index (χ2v) is 13.7. The molecule has 5 heteroatoms. The van der Waals surface area contributed by atoms with Crippen molar-refractivity contribution < 1.29 is 0 Å². The van der Waals surface area contributed by atoms with Gasteiger partial charge in [0.25, 0.3) is 0 Å². The van der Waals surface area contributed by atoms with Crippen LogP contribution in [0.25, 0.3) is 83.9 Å². The molecule has 55 heavy (non-hydrogen) atoms. The molecule has 262 valence electrons. The third-order valence-corrected chi connectivity index (χ3v) is 10.6. The normalized spacial score (nSPS) is 12.3. The van der Waals surface area contributed by atoms with Crippen LogP contribution in [0.4, 0.5) is 0 Å². The van der Waals surface area contributed by atoms with Crippen molar-refractivity contribution in [2.75, 3.05) is 0 Å². The van der Waals surface area contributed by atoms with Crippen molar-refractivity contribution in [1.29, 1.82) is 0 Å². The Morgan fingerprint density at radius 1 is 0.491 bits per heavy atom. The van der Waals surface area contributed by atoms with E-state index < -0.39 is 0 Å². The number of hydrogen-bond acceptors (Lipinski definition) is 1. The summed E-state index contributed by atoms with van der Waals surface area (Å²) in [6.07, 6.45) is 12.9. The number of rotatable bonds is 5. The molecule has 0 radical (unpaired) electrons. The zero-order valence-corrected chi connectivity index (χ0v) is 30.3. The topological polar surface area (TPSA) is 32.6 Å². The summed E-state index contributed by atoms with van der Waals surface area (Å²) in [5.41, 5.74) is 11.2. The summed E-state index contributed by atoms with van der Waals surface area (Å²) in [4.78, 5) is 5.67. The minimum Gasteiger partial charge on any atom is -0.296 e. The standard InChI is InChI=1S/C46H31N5.C4H6/c1-4-16-31-29-44(49(38(31)24-9-1)34-20-7-3-8-21-34)51-40-26-14-11-22-35(40)37-30-42-45(47-46(37)51)36-23-12-15-27-41(36)50(42)43-28-32-17-10-13-25-39(32)48(43)33-18-5-2-6-19-33;1-3-4-2/h1-15,17-30H,16H2;3-4H,1-2H2. The average molecular weight is 708 g/mol. The summed E-state index contributed by atoms with van der Waals surface area (Å²) in [6.45, 7) is 6.72. The molecular formula is C50H37N5. The van der Waals surface area contributed by atoms with Crippen molar-refractivity contribution in [3.8, 4) is 23.0 Å². The van der Waals surface area contributed by atoms with Gasteiger partial charge in [-0.15, -0.1) is 0 Å². The SMILES string of the molecule is C1=CCc2cc(-n3c4ccccc4c4cc5c(nc43)c3ccccc3n5-c3cc4ccccc4n3-c3ccccc3)n(-c3ccccc3)c2C=C1.C=CC=C. The number of para-hydroxylation sites is 5. The predicted molar refractivity (Wildman–Crippen MR) is 231 cm³/mol. The second kappa shape index (κ2) is 13.2. The Balaban J connectivity index is 0.000000891. The van der Waals surface area contributed by atoms with Crippen molar-refractivity contribution in [3.63, 3.8) is 0 Å². The lowest BCUT2D eigenvalue weighted by atomic mass is 10.2. The molecular weight excluding hydrogens is 671 g/mol. The molecule has 1 aliphatic rings. The summed E-state index contributed by atoms with van der Waals surface area (Å²) >= 11 is 0. The maximum Gasteiger partial charge on any atom is 0.147 e. The Labute approximate surface area is 318 Å². The van der Waals surface area contributed by atoms with E-state index in [2.05, 4.69) is 207 Å². The molecule has 5 nitrogen and oxygen atoms in total. The van der Waals surface area contributed by atoms with Crippen molar-refractivity contribution in [2.45, 2.75) is 6.42 Å². The van der Waals surface area contributed by atoms with Crippen LogP contribution in [0.2, 0.25) is 0 Å². The second-order valence-electron chi connectivity index (χ2n) is 13.7. The highest BCUT2D eigenvalue weighted by molar-refractivity contribution is 6.16. The Hall–Kier alpha value is -7.37. The third kappa shape index (κ3) is 5.12. The van der Waals surface area contributed by atoms with Gasteiger partial charge in [0.05, 0.1) is 33.3 Å². The molecule has 0 aliphatic heterocycles. The van der Waals surface area contributed by atoms with Gasteiger partial charge in [0, 0.05) is 32.9 Å². The van der Waals surface area contributed by atoms with Gasteiger partial charge < -0.3 is 0 Å². The maximum atomic E-state index is 5.67. The van der Waals surface area contributed by atoms with E-state index in [9.17, 15) is 0 Å². The van der Waals surface area contributed by atoms with Crippen molar-refractivity contribution in [3.05, 3.63) is 206 Å². The fourth-order valence-electron chi connectivity index (χ4n) is 8.21. The van der Waals surface area contributed by atoms with E-state index in [0.29, 0.717) is 0 Å². The lowest BCUT2D eigenvalue weighted by Gasteiger charge is -2.15. The zero-order chi connectivity index (χ0) is 36.9. The molecule has 10 aromatic rings. The van der Waals surface area contributed by atoms with Crippen LogP contribution < -0.4 is 0 Å². The molecule has 5 aromatic heterocycles. The van der Waals surface area contributed by atoms with Crippen molar-refractivity contribution >= 4 is 60.9 Å². The number of benzene rings is 5. The van der Waals surface area contributed by atoms with Gasteiger partial charge in [-0.3, -0.25) is 18.3 Å². The molecule has 0 saturated carbocycles. The maximum absolute atomic E-state index is 5.67. The van der Waals surface area contributed by atoms with Crippen molar-refractivity contribution in [2.24, 2.45) is 0 Å². The largest absolute Gasteiger partial charge is 0.296 e. The van der Waals surface area contributed by atoms with E-state index in [1.807, 2.05) is 0 Å². The van der Waals surface area contributed by atoms with E-state index in [1.54, 1.807) is 12.2 Å². The molecule has 5 heterocycles. The predicted octanol–water partition coefficient (Wildman–Crippen LogP) is 12.5. The van der Waals surface area contributed by atoms with Crippen LogP contribution in [0.3, 0.4) is 0 Å². The summed E-state index contributed by atoms with van der Waals surface area (Å²) in [6, 6.07) is 54.4. The number of aromatic nitrogens is 5. The van der Waals surface area contributed by atoms with Gasteiger partial charge in [0.15, 0.2) is 0 Å². The smallest absolute Gasteiger partial charge is 0.147 e. The van der Waals surface area contributed by atoms with Gasteiger partial charge in [0.2, 0.25) is 0 Å². The first-order chi connectivity index (χ1) is 27.2. The lowest BCUT2D eigenvalue weighted by molar-refractivity contribution is 0.957. The fourth-order valence-corrected chi connectivity index (χ4v) is 8.21. The summed E-state index contributed by atoms with van der Waals surface area (Å²) in [5, 5.41) is 4.61. The van der Waals surface area contributed by atoms with Gasteiger partial charge >= 0.3 is 0 Å². The van der Waals surface area contributed by atoms with Crippen LogP contribution in [-0.2, 0) is 6.42 Å². The quantitative estimate of drug-likeness (QED) is 0.164. The first kappa shape index (κ1) is 32.3. The summed E-state index contributed by atoms with van der Waals surface area (Å²) in [5.74, 6) is 2.16. The van der Waals surface area contributed by atoms with Gasteiger partial charge in [-0.25, -0.2) is 4.98 Å². The minimum absolute atomic E-state index is 0.868. The molecule has 0 bridgehead atoms. The fraction of sp³-hybridized carbons (Fsp3) is 0.0200. The number of nitrogens with zero attached hydrogens (tertiary/aromatic N) is 5. The minimum atomic E-state index is 0.868. The van der Waals surface area contributed by atoms with Crippen LogP contribution in [-0.4, -0.2) is 23.3 Å². The van der Waals surface area contributed by atoms with Gasteiger partial charge in [-0.1, -0.05) is 135 Å². The highest BCUT2D eigenvalue weighted by Gasteiger charge is 2.25. The van der Waals surface area contributed by atoms with Crippen LogP contribution in [0, 0.1) is 0 Å². The average Bonchev–Trinajstić information content (AvgIpc) is 3.93. The number of fused-ring (bicyclic) bond motifs is 8. The molecule has 0 N–H and O–H groups in total. The first-order valence-corrected chi connectivity index (χ1v) is 18.6. The van der Waals surface area contributed by atoms with Crippen LogP contribution in [0.1, 0.15) is 11.3 Å². The highest BCUT2D eigenvalue weighted by atomic mass is 15.2. The Kier molecular flexibility index (Phi) is 7.77. The number of pyridine rings is 1. The van der Waals surface area contributed by atoms with Crippen LogP contribution >= 0.6 is 0 Å². The highest BCUT2D eigenvalue weighted by Crippen LogP contribution is 2.40. The molecule has 1 aliphatic carbocycles. The Morgan fingerprint density at radius 3 is 1.82 bits per heavy atom. The van der Waals surface area contributed by atoms with E-state index in [-0.39, 0.29) is 0 Å².